The van der Waals surface area contributed by atoms with Gasteiger partial charge < -0.3 is 14.2 Å². The highest BCUT2D eigenvalue weighted by atomic mass is 16.5. The highest BCUT2D eigenvalue weighted by Gasteiger charge is 2.48. The minimum atomic E-state index is -0.492. The number of fused-ring (bicyclic) bond motifs is 4. The standard InChI is InChI=1S/C23H25N3O4.C2H6/c1-30-22-20-23(29)26-12-16-8-5-11-25(16)19(26)14-24(20)13-17(21(22)28)18(27)10-9-15-6-3-2-4-7-15;1-2/h2-4,6-7,13,16,19H,5,8-12,14H2,1H3;1-2H3/t16-,19-;/m1./s1. The minimum absolute atomic E-state index is 0.0167. The summed E-state index contributed by atoms with van der Waals surface area (Å²) in [5, 5.41) is 0. The number of Topliss-reactive ketones (excluding diaryl/α,β-unsaturated/α-hetero) is 1. The maximum atomic E-state index is 13.2. The van der Waals surface area contributed by atoms with Gasteiger partial charge in [0.2, 0.25) is 5.43 Å². The molecule has 0 bridgehead atoms. The molecule has 2 aromatic rings. The van der Waals surface area contributed by atoms with E-state index in [4.69, 9.17) is 4.74 Å². The number of hydrogen-bond acceptors (Lipinski definition) is 5. The number of carbonyl (C=O) groups excluding carboxylic acids is 2. The van der Waals surface area contributed by atoms with Gasteiger partial charge >= 0.3 is 0 Å². The van der Waals surface area contributed by atoms with Crippen molar-refractivity contribution >= 4 is 11.7 Å². The summed E-state index contributed by atoms with van der Waals surface area (Å²) < 4.78 is 7.13. The number of hydrogen-bond donors (Lipinski definition) is 0. The smallest absolute Gasteiger partial charge is 0.275 e. The van der Waals surface area contributed by atoms with Crippen molar-refractivity contribution in [3.8, 4) is 5.75 Å². The number of ether oxygens (including phenoxy) is 1. The monoisotopic (exact) mass is 437 g/mol. The summed E-state index contributed by atoms with van der Waals surface area (Å²) in [5.41, 5.74) is 0.921. The molecule has 0 aliphatic carbocycles. The third kappa shape index (κ3) is 3.75. The molecule has 4 heterocycles. The van der Waals surface area contributed by atoms with Gasteiger partial charge in [0.25, 0.3) is 5.91 Å². The van der Waals surface area contributed by atoms with Crippen LogP contribution in [0.5, 0.6) is 5.75 Å². The zero-order chi connectivity index (χ0) is 22.8. The number of methoxy groups -OCH3 is 1. The van der Waals surface area contributed by atoms with Gasteiger partial charge in [0.15, 0.2) is 17.2 Å². The summed E-state index contributed by atoms with van der Waals surface area (Å²) >= 11 is 0. The summed E-state index contributed by atoms with van der Waals surface area (Å²) in [7, 11) is 1.39. The van der Waals surface area contributed by atoms with Crippen molar-refractivity contribution in [1.82, 2.24) is 14.4 Å². The molecule has 2 saturated heterocycles. The molecule has 7 heteroatoms. The molecule has 32 heavy (non-hydrogen) atoms. The fourth-order valence-electron chi connectivity index (χ4n) is 5.14. The molecule has 2 fully saturated rings. The van der Waals surface area contributed by atoms with Gasteiger partial charge in [-0.3, -0.25) is 19.3 Å². The first-order valence-corrected chi connectivity index (χ1v) is 11.5. The predicted octanol–water partition coefficient (Wildman–Crippen LogP) is 2.96. The summed E-state index contributed by atoms with van der Waals surface area (Å²) in [4.78, 5) is 43.4. The number of rotatable bonds is 5. The van der Waals surface area contributed by atoms with E-state index in [-0.39, 0.29) is 41.3 Å². The molecular weight excluding hydrogens is 406 g/mol. The van der Waals surface area contributed by atoms with Crippen molar-refractivity contribution in [1.29, 1.82) is 0 Å². The van der Waals surface area contributed by atoms with Crippen LogP contribution in [0.25, 0.3) is 0 Å². The number of aryl methyl sites for hydroxylation is 1. The summed E-state index contributed by atoms with van der Waals surface area (Å²) in [6, 6.07) is 10.1. The van der Waals surface area contributed by atoms with Gasteiger partial charge in [0.1, 0.15) is 6.17 Å². The Hall–Kier alpha value is -2.93. The average Bonchev–Trinajstić information content (AvgIpc) is 3.42. The van der Waals surface area contributed by atoms with Crippen LogP contribution < -0.4 is 10.2 Å². The Kier molecular flexibility index (Phi) is 6.46. The van der Waals surface area contributed by atoms with E-state index in [9.17, 15) is 14.4 Å². The summed E-state index contributed by atoms with van der Waals surface area (Å²) in [5.74, 6) is -0.424. The SMILES string of the molecule is CC.COc1c2n(cc(C(=O)CCc3ccccc3)c1=O)C[C@H]1N(C[C@H]3CCCN31)C2=O. The number of benzene rings is 1. The quantitative estimate of drug-likeness (QED) is 0.673. The topological polar surface area (TPSA) is 71.8 Å². The van der Waals surface area contributed by atoms with Gasteiger partial charge in [0.05, 0.1) is 19.2 Å². The van der Waals surface area contributed by atoms with Crippen LogP contribution in [-0.2, 0) is 13.0 Å². The van der Waals surface area contributed by atoms with Crippen molar-refractivity contribution in [3.05, 3.63) is 63.6 Å². The Bertz CT molecular complexity index is 1060. The molecule has 0 unspecified atom stereocenters. The van der Waals surface area contributed by atoms with E-state index in [0.717, 1.165) is 24.9 Å². The Morgan fingerprint density at radius 1 is 1.12 bits per heavy atom. The Labute approximate surface area is 188 Å². The normalized spacial score (nSPS) is 21.3. The number of carbonyl (C=O) groups is 2. The van der Waals surface area contributed by atoms with Crippen LogP contribution in [0.15, 0.2) is 41.3 Å². The Balaban J connectivity index is 0.00000119. The van der Waals surface area contributed by atoms with E-state index in [0.29, 0.717) is 25.6 Å². The number of aromatic nitrogens is 1. The van der Waals surface area contributed by atoms with Crippen molar-refractivity contribution in [2.45, 2.75) is 58.3 Å². The molecule has 0 radical (unpaired) electrons. The first kappa shape index (κ1) is 22.3. The minimum Gasteiger partial charge on any atom is -0.491 e. The van der Waals surface area contributed by atoms with Gasteiger partial charge in [-0.05, 0) is 24.8 Å². The number of amides is 1. The van der Waals surface area contributed by atoms with Crippen LogP contribution in [0.3, 0.4) is 0 Å². The van der Waals surface area contributed by atoms with E-state index in [1.165, 1.54) is 7.11 Å². The van der Waals surface area contributed by atoms with Gasteiger partial charge in [0, 0.05) is 31.7 Å². The van der Waals surface area contributed by atoms with Gasteiger partial charge in [-0.1, -0.05) is 44.2 Å². The zero-order valence-electron chi connectivity index (χ0n) is 19.0. The third-order valence-electron chi connectivity index (χ3n) is 6.62. The summed E-state index contributed by atoms with van der Waals surface area (Å²) in [6.07, 6.45) is 4.60. The lowest BCUT2D eigenvalue weighted by molar-refractivity contribution is 0.0513. The van der Waals surface area contributed by atoms with E-state index < -0.39 is 5.43 Å². The second-order valence-corrected chi connectivity index (χ2v) is 8.29. The van der Waals surface area contributed by atoms with Crippen LogP contribution in [0.1, 0.15) is 59.5 Å². The van der Waals surface area contributed by atoms with Crippen LogP contribution in [0.4, 0.5) is 0 Å². The number of pyridine rings is 1. The average molecular weight is 438 g/mol. The van der Waals surface area contributed by atoms with E-state index in [1.807, 2.05) is 49.1 Å². The molecular formula is C25H31N3O4. The molecule has 0 saturated carbocycles. The Morgan fingerprint density at radius 2 is 1.88 bits per heavy atom. The lowest BCUT2D eigenvalue weighted by Crippen LogP contribution is -2.50. The van der Waals surface area contributed by atoms with E-state index >= 15 is 0 Å². The number of nitrogens with zero attached hydrogens (tertiary/aromatic N) is 3. The molecule has 3 aliphatic rings. The van der Waals surface area contributed by atoms with Crippen molar-refractivity contribution in [2.24, 2.45) is 0 Å². The fraction of sp³-hybridized carbons (Fsp3) is 0.480. The van der Waals surface area contributed by atoms with Crippen molar-refractivity contribution < 1.29 is 14.3 Å². The molecule has 1 amide bonds. The number of ketones is 1. The van der Waals surface area contributed by atoms with Crippen LogP contribution in [-0.4, -0.2) is 58.5 Å². The third-order valence-corrected chi connectivity index (χ3v) is 6.62. The highest BCUT2D eigenvalue weighted by Crippen LogP contribution is 2.35. The van der Waals surface area contributed by atoms with E-state index in [2.05, 4.69) is 4.90 Å². The maximum Gasteiger partial charge on any atom is 0.275 e. The zero-order valence-corrected chi connectivity index (χ0v) is 19.0. The Morgan fingerprint density at radius 3 is 2.59 bits per heavy atom. The van der Waals surface area contributed by atoms with Crippen LogP contribution in [0, 0.1) is 0 Å². The van der Waals surface area contributed by atoms with Crippen molar-refractivity contribution in [2.75, 3.05) is 20.2 Å². The van der Waals surface area contributed by atoms with Gasteiger partial charge in [-0.2, -0.15) is 0 Å². The molecule has 1 aromatic heterocycles. The van der Waals surface area contributed by atoms with E-state index in [1.54, 1.807) is 10.8 Å². The molecule has 5 rings (SSSR count). The summed E-state index contributed by atoms with van der Waals surface area (Å²) in [6.45, 7) is 6.22. The molecule has 1 aromatic carbocycles. The fourth-order valence-corrected chi connectivity index (χ4v) is 5.14. The first-order valence-electron chi connectivity index (χ1n) is 11.5. The first-order chi connectivity index (χ1) is 15.6. The van der Waals surface area contributed by atoms with Gasteiger partial charge in [-0.15, -0.1) is 0 Å². The second-order valence-electron chi connectivity index (χ2n) is 8.29. The maximum absolute atomic E-state index is 13.2. The molecule has 3 aliphatic heterocycles. The molecule has 0 spiro atoms. The van der Waals surface area contributed by atoms with Crippen LogP contribution >= 0.6 is 0 Å². The van der Waals surface area contributed by atoms with Crippen LogP contribution in [0.2, 0.25) is 0 Å². The molecule has 7 nitrogen and oxygen atoms in total. The highest BCUT2D eigenvalue weighted by molar-refractivity contribution is 6.00. The largest absolute Gasteiger partial charge is 0.491 e. The van der Waals surface area contributed by atoms with Crippen molar-refractivity contribution in [3.63, 3.8) is 0 Å². The molecule has 2 atom stereocenters. The lowest BCUT2D eigenvalue weighted by Gasteiger charge is -2.36. The lowest BCUT2D eigenvalue weighted by atomic mass is 10.0. The molecule has 170 valence electrons. The molecule has 0 N–H and O–H groups in total. The second kappa shape index (κ2) is 9.28. The van der Waals surface area contributed by atoms with Gasteiger partial charge in [-0.25, -0.2) is 0 Å². The predicted molar refractivity (Wildman–Crippen MR) is 122 cm³/mol.